The van der Waals surface area contributed by atoms with Crippen molar-refractivity contribution in [1.29, 1.82) is 0 Å². The van der Waals surface area contributed by atoms with Gasteiger partial charge in [-0.25, -0.2) is 9.36 Å². The van der Waals surface area contributed by atoms with Gasteiger partial charge in [-0.15, -0.1) is 0 Å². The molecule has 4 rings (SSSR count). The fourth-order valence-electron chi connectivity index (χ4n) is 3.65. The van der Waals surface area contributed by atoms with E-state index < -0.39 is 11.2 Å². The maximum absolute atomic E-state index is 13.3. The standard InChI is InChI=1S/C23H23N5O3/c1-14-5-8-17(9-6-14)28-22(30)21-19(12-24-26(21)4)27(23(28)31)13-20(29)25-18-10-7-15(2)11-16(18)3/h5-12H,13H2,1-4H3,(H,25,29). The van der Waals surface area contributed by atoms with Crippen LogP contribution in [0.3, 0.4) is 0 Å². The van der Waals surface area contributed by atoms with Crippen molar-refractivity contribution in [2.24, 2.45) is 7.05 Å². The first-order valence-corrected chi connectivity index (χ1v) is 9.88. The zero-order chi connectivity index (χ0) is 22.3. The second kappa shape index (κ2) is 7.71. The number of fused-ring (bicyclic) bond motifs is 1. The van der Waals surface area contributed by atoms with Crippen LogP contribution < -0.4 is 16.6 Å². The summed E-state index contributed by atoms with van der Waals surface area (Å²) in [5, 5.41) is 6.99. The molecule has 0 fully saturated rings. The van der Waals surface area contributed by atoms with Crippen LogP contribution in [0, 0.1) is 20.8 Å². The molecule has 0 saturated carbocycles. The van der Waals surface area contributed by atoms with Crippen LogP contribution in [0.15, 0.2) is 58.3 Å². The van der Waals surface area contributed by atoms with Gasteiger partial charge in [0.2, 0.25) is 5.91 Å². The zero-order valence-corrected chi connectivity index (χ0v) is 17.8. The van der Waals surface area contributed by atoms with Crippen LogP contribution in [0.25, 0.3) is 16.7 Å². The highest BCUT2D eigenvalue weighted by molar-refractivity contribution is 5.92. The van der Waals surface area contributed by atoms with Crippen molar-refractivity contribution >= 4 is 22.6 Å². The van der Waals surface area contributed by atoms with E-state index in [-0.39, 0.29) is 18.0 Å². The molecule has 0 saturated heterocycles. The normalized spacial score (nSPS) is 11.1. The Kier molecular flexibility index (Phi) is 5.06. The van der Waals surface area contributed by atoms with Crippen LogP contribution in [-0.4, -0.2) is 24.8 Å². The molecule has 31 heavy (non-hydrogen) atoms. The molecule has 0 unspecified atom stereocenters. The summed E-state index contributed by atoms with van der Waals surface area (Å²) in [6.07, 6.45) is 1.43. The monoisotopic (exact) mass is 417 g/mol. The molecule has 1 N–H and O–H groups in total. The van der Waals surface area contributed by atoms with Gasteiger partial charge in [-0.1, -0.05) is 35.4 Å². The van der Waals surface area contributed by atoms with Gasteiger partial charge in [0.1, 0.15) is 6.54 Å². The Labute approximate surface area is 178 Å². The molecule has 0 spiro atoms. The summed E-state index contributed by atoms with van der Waals surface area (Å²) < 4.78 is 3.77. The third-order valence-corrected chi connectivity index (χ3v) is 5.29. The highest BCUT2D eigenvalue weighted by Gasteiger charge is 2.19. The fourth-order valence-corrected chi connectivity index (χ4v) is 3.65. The largest absolute Gasteiger partial charge is 0.336 e. The Hall–Kier alpha value is -3.94. The number of nitrogens with one attached hydrogen (secondary N) is 1. The summed E-state index contributed by atoms with van der Waals surface area (Å²) in [7, 11) is 1.63. The summed E-state index contributed by atoms with van der Waals surface area (Å²) in [6.45, 7) is 5.56. The van der Waals surface area contributed by atoms with Gasteiger partial charge in [-0.3, -0.25) is 18.8 Å². The van der Waals surface area contributed by atoms with Crippen LogP contribution in [0.2, 0.25) is 0 Å². The average Bonchev–Trinajstić information content (AvgIpc) is 3.10. The van der Waals surface area contributed by atoms with E-state index in [1.165, 1.54) is 15.4 Å². The Balaban J connectivity index is 1.82. The van der Waals surface area contributed by atoms with E-state index in [0.29, 0.717) is 16.9 Å². The Morgan fingerprint density at radius 2 is 1.68 bits per heavy atom. The van der Waals surface area contributed by atoms with Gasteiger partial charge in [-0.05, 0) is 44.5 Å². The van der Waals surface area contributed by atoms with E-state index in [9.17, 15) is 14.4 Å². The van der Waals surface area contributed by atoms with Crippen molar-refractivity contribution in [1.82, 2.24) is 18.9 Å². The topological polar surface area (TPSA) is 90.9 Å². The quantitative estimate of drug-likeness (QED) is 0.552. The van der Waals surface area contributed by atoms with Crippen molar-refractivity contribution in [3.63, 3.8) is 0 Å². The van der Waals surface area contributed by atoms with Crippen molar-refractivity contribution < 1.29 is 4.79 Å². The van der Waals surface area contributed by atoms with Crippen molar-refractivity contribution in [2.75, 3.05) is 5.32 Å². The minimum Gasteiger partial charge on any atom is -0.324 e. The molecule has 8 heteroatoms. The molecule has 0 aliphatic carbocycles. The molecule has 158 valence electrons. The first kappa shape index (κ1) is 20.3. The number of anilines is 1. The van der Waals surface area contributed by atoms with Gasteiger partial charge in [-0.2, -0.15) is 5.10 Å². The molecule has 2 aromatic carbocycles. The number of hydrogen-bond donors (Lipinski definition) is 1. The molecule has 0 atom stereocenters. The van der Waals surface area contributed by atoms with Gasteiger partial charge in [0.05, 0.1) is 17.4 Å². The van der Waals surface area contributed by atoms with Gasteiger partial charge in [0.25, 0.3) is 5.56 Å². The number of rotatable bonds is 4. The molecule has 2 aromatic heterocycles. The number of aromatic nitrogens is 4. The Bertz CT molecular complexity index is 1420. The number of carbonyl (C=O) groups excluding carboxylic acids is 1. The first-order valence-electron chi connectivity index (χ1n) is 9.88. The predicted octanol–water partition coefficient (Wildman–Crippen LogP) is 2.45. The van der Waals surface area contributed by atoms with E-state index >= 15 is 0 Å². The summed E-state index contributed by atoms with van der Waals surface area (Å²) in [5.41, 5.74) is 3.64. The van der Waals surface area contributed by atoms with Crippen LogP contribution in [-0.2, 0) is 18.4 Å². The first-order chi connectivity index (χ1) is 14.8. The molecule has 0 aliphatic heterocycles. The summed E-state index contributed by atoms with van der Waals surface area (Å²) in [5.74, 6) is -0.367. The van der Waals surface area contributed by atoms with E-state index in [4.69, 9.17) is 0 Å². The SMILES string of the molecule is Cc1ccc(-n2c(=O)c3c(cnn3C)n(CC(=O)Nc3ccc(C)cc3C)c2=O)cc1. The minimum absolute atomic E-state index is 0.250. The molecular formula is C23H23N5O3. The lowest BCUT2D eigenvalue weighted by molar-refractivity contribution is -0.116. The van der Waals surface area contributed by atoms with Crippen LogP contribution >= 0.6 is 0 Å². The number of benzene rings is 2. The van der Waals surface area contributed by atoms with Crippen LogP contribution in [0.5, 0.6) is 0 Å². The van der Waals surface area contributed by atoms with Gasteiger partial charge >= 0.3 is 5.69 Å². The smallest absolute Gasteiger partial charge is 0.324 e. The lowest BCUT2D eigenvalue weighted by Gasteiger charge is -2.13. The molecule has 4 aromatic rings. The Morgan fingerprint density at radius 1 is 1.00 bits per heavy atom. The number of aryl methyl sites for hydroxylation is 4. The van der Waals surface area contributed by atoms with Gasteiger partial charge in [0, 0.05) is 12.7 Å². The molecule has 0 aliphatic rings. The molecular weight excluding hydrogens is 394 g/mol. The van der Waals surface area contributed by atoms with Gasteiger partial charge in [0.15, 0.2) is 5.52 Å². The zero-order valence-electron chi connectivity index (χ0n) is 17.8. The lowest BCUT2D eigenvalue weighted by atomic mass is 10.1. The second-order valence-electron chi connectivity index (χ2n) is 7.71. The van der Waals surface area contributed by atoms with E-state index in [2.05, 4.69) is 10.4 Å². The number of amides is 1. The molecule has 8 nitrogen and oxygen atoms in total. The van der Waals surface area contributed by atoms with E-state index in [1.807, 2.05) is 51.1 Å². The highest BCUT2D eigenvalue weighted by atomic mass is 16.2. The van der Waals surface area contributed by atoms with Crippen LogP contribution in [0.1, 0.15) is 16.7 Å². The predicted molar refractivity (Wildman–Crippen MR) is 120 cm³/mol. The van der Waals surface area contributed by atoms with E-state index in [0.717, 1.165) is 21.3 Å². The maximum Gasteiger partial charge on any atom is 0.336 e. The molecule has 0 radical (unpaired) electrons. The summed E-state index contributed by atoms with van der Waals surface area (Å²) >= 11 is 0. The minimum atomic E-state index is -0.592. The maximum atomic E-state index is 13.3. The number of carbonyl (C=O) groups is 1. The average molecular weight is 417 g/mol. The van der Waals surface area contributed by atoms with E-state index in [1.54, 1.807) is 19.2 Å². The number of nitrogens with zero attached hydrogens (tertiary/aromatic N) is 4. The van der Waals surface area contributed by atoms with Crippen molar-refractivity contribution in [3.05, 3.63) is 86.2 Å². The second-order valence-corrected chi connectivity index (χ2v) is 7.71. The summed E-state index contributed by atoms with van der Waals surface area (Å²) in [4.78, 5) is 39.2. The fraction of sp³-hybridized carbons (Fsp3) is 0.217. The molecule has 1 amide bonds. The highest BCUT2D eigenvalue weighted by Crippen LogP contribution is 2.16. The lowest BCUT2D eigenvalue weighted by Crippen LogP contribution is -2.41. The van der Waals surface area contributed by atoms with Crippen molar-refractivity contribution in [2.45, 2.75) is 27.3 Å². The molecule has 2 heterocycles. The third-order valence-electron chi connectivity index (χ3n) is 5.29. The van der Waals surface area contributed by atoms with Crippen LogP contribution in [0.4, 0.5) is 5.69 Å². The number of hydrogen-bond acceptors (Lipinski definition) is 4. The van der Waals surface area contributed by atoms with Gasteiger partial charge < -0.3 is 5.32 Å². The van der Waals surface area contributed by atoms with Crippen molar-refractivity contribution in [3.8, 4) is 5.69 Å². The molecule has 0 bridgehead atoms. The third kappa shape index (κ3) is 3.68. The Morgan fingerprint density at radius 3 is 2.35 bits per heavy atom. The summed E-state index contributed by atoms with van der Waals surface area (Å²) in [6, 6.07) is 12.8.